The molecule has 1 fully saturated rings. The highest BCUT2D eigenvalue weighted by molar-refractivity contribution is 7.20. The largest absolute Gasteiger partial charge is 0.357 e. The number of nitrogens with zero attached hydrogens (tertiary/aromatic N) is 4. The van der Waals surface area contributed by atoms with Crippen LogP contribution in [-0.4, -0.2) is 66.6 Å². The molecule has 0 aliphatic carbocycles. The van der Waals surface area contributed by atoms with Crippen LogP contribution in [0.5, 0.6) is 0 Å². The summed E-state index contributed by atoms with van der Waals surface area (Å²) < 4.78 is 0. The van der Waals surface area contributed by atoms with E-state index in [4.69, 9.17) is 0 Å². The number of amides is 1. The third kappa shape index (κ3) is 3.35. The van der Waals surface area contributed by atoms with Gasteiger partial charge in [-0.15, -0.1) is 11.3 Å². The van der Waals surface area contributed by atoms with Gasteiger partial charge in [0.2, 0.25) is 0 Å². The molecule has 0 saturated carbocycles. The van der Waals surface area contributed by atoms with E-state index in [1.807, 2.05) is 11.8 Å². The molecule has 1 saturated heterocycles. The Morgan fingerprint density at radius 3 is 2.52 bits per heavy atom. The molecular formula is C18H28N5OS+. The van der Waals surface area contributed by atoms with Gasteiger partial charge in [-0.1, -0.05) is 0 Å². The summed E-state index contributed by atoms with van der Waals surface area (Å²) in [6, 6.07) is 0. The molecule has 0 radical (unpaired) electrons. The minimum atomic E-state index is 0.154. The van der Waals surface area contributed by atoms with E-state index in [1.54, 1.807) is 11.2 Å². The first kappa shape index (κ1) is 18.1. The number of rotatable bonds is 5. The molecule has 3 heterocycles. The summed E-state index contributed by atoms with van der Waals surface area (Å²) >= 11 is 1.51. The summed E-state index contributed by atoms with van der Waals surface area (Å²) in [7, 11) is 0. The zero-order valence-electron chi connectivity index (χ0n) is 15.6. The van der Waals surface area contributed by atoms with Crippen molar-refractivity contribution in [1.82, 2.24) is 14.9 Å². The van der Waals surface area contributed by atoms with Crippen LogP contribution in [0.15, 0.2) is 6.33 Å². The molecule has 1 aliphatic rings. The molecule has 0 aromatic carbocycles. The molecule has 1 N–H and O–H groups in total. The molecule has 136 valence electrons. The van der Waals surface area contributed by atoms with E-state index in [9.17, 15) is 4.79 Å². The van der Waals surface area contributed by atoms with Crippen LogP contribution in [0.3, 0.4) is 0 Å². The van der Waals surface area contributed by atoms with Crippen molar-refractivity contribution in [1.29, 1.82) is 0 Å². The maximum atomic E-state index is 13.1. The number of aromatic nitrogens is 2. The number of hydrogen-bond donors (Lipinski definition) is 1. The highest BCUT2D eigenvalue weighted by Gasteiger charge is 2.28. The standard InChI is InChI=1S/C18H27N5OS/c1-5-21-8-10-23(11-9-21)18(24)15-13(4)14-16(22(6-2)7-3)19-12-20-17(14)25-15/h12H,5-11H2,1-4H3/p+1. The molecule has 2 aromatic rings. The van der Waals surface area contributed by atoms with Gasteiger partial charge in [0, 0.05) is 13.1 Å². The van der Waals surface area contributed by atoms with E-state index in [1.165, 1.54) is 11.3 Å². The molecule has 0 bridgehead atoms. The lowest BCUT2D eigenvalue weighted by molar-refractivity contribution is -0.902. The Hall–Kier alpha value is -1.73. The van der Waals surface area contributed by atoms with Crippen LogP contribution in [0.1, 0.15) is 36.0 Å². The van der Waals surface area contributed by atoms with E-state index >= 15 is 0 Å². The molecular weight excluding hydrogens is 334 g/mol. The summed E-state index contributed by atoms with van der Waals surface area (Å²) in [6.45, 7) is 15.2. The SMILES string of the molecule is CCN(CC)c1ncnc2sc(C(=O)N3CC[NH+](CC)CC3)c(C)c12. The predicted octanol–water partition coefficient (Wildman–Crippen LogP) is 1.21. The summed E-state index contributed by atoms with van der Waals surface area (Å²) in [5.41, 5.74) is 1.03. The normalized spacial score (nSPS) is 15.8. The Morgan fingerprint density at radius 2 is 1.92 bits per heavy atom. The van der Waals surface area contributed by atoms with E-state index in [0.29, 0.717) is 0 Å². The average Bonchev–Trinajstić information content (AvgIpc) is 3.00. The average molecular weight is 363 g/mol. The second-order valence-electron chi connectivity index (χ2n) is 6.50. The van der Waals surface area contributed by atoms with Crippen molar-refractivity contribution in [2.75, 3.05) is 50.7 Å². The van der Waals surface area contributed by atoms with Crippen molar-refractivity contribution >= 4 is 33.3 Å². The molecule has 1 amide bonds. The van der Waals surface area contributed by atoms with Gasteiger partial charge in [0.15, 0.2) is 0 Å². The van der Waals surface area contributed by atoms with Crippen molar-refractivity contribution in [2.24, 2.45) is 0 Å². The summed E-state index contributed by atoms with van der Waals surface area (Å²) in [6.07, 6.45) is 1.61. The number of quaternary nitrogens is 1. The summed E-state index contributed by atoms with van der Waals surface area (Å²) in [5.74, 6) is 1.10. The number of fused-ring (bicyclic) bond motifs is 1. The van der Waals surface area contributed by atoms with Crippen molar-refractivity contribution < 1.29 is 9.69 Å². The fourth-order valence-electron chi connectivity index (χ4n) is 3.54. The molecule has 0 unspecified atom stereocenters. The highest BCUT2D eigenvalue weighted by atomic mass is 32.1. The molecule has 2 aromatic heterocycles. The minimum absolute atomic E-state index is 0.154. The van der Waals surface area contributed by atoms with Crippen LogP contribution >= 0.6 is 11.3 Å². The van der Waals surface area contributed by atoms with Gasteiger partial charge in [-0.25, -0.2) is 9.97 Å². The lowest BCUT2D eigenvalue weighted by Crippen LogP contribution is -3.14. The highest BCUT2D eigenvalue weighted by Crippen LogP contribution is 2.35. The van der Waals surface area contributed by atoms with Crippen molar-refractivity contribution in [3.8, 4) is 0 Å². The second-order valence-corrected chi connectivity index (χ2v) is 7.50. The van der Waals surface area contributed by atoms with Crippen LogP contribution in [0.4, 0.5) is 5.82 Å². The van der Waals surface area contributed by atoms with Gasteiger partial charge in [-0.05, 0) is 33.3 Å². The number of likely N-dealkylation sites (N-methyl/N-ethyl adjacent to an activating group) is 1. The fourth-order valence-corrected chi connectivity index (χ4v) is 4.65. The van der Waals surface area contributed by atoms with Crippen LogP contribution < -0.4 is 9.80 Å². The topological polar surface area (TPSA) is 53.8 Å². The Morgan fingerprint density at radius 1 is 1.24 bits per heavy atom. The molecule has 25 heavy (non-hydrogen) atoms. The van der Waals surface area contributed by atoms with Crippen LogP contribution in [0, 0.1) is 6.92 Å². The Bertz CT molecular complexity index is 747. The van der Waals surface area contributed by atoms with Gasteiger partial charge in [0.25, 0.3) is 5.91 Å². The number of thiophene rings is 1. The first-order valence-corrected chi connectivity index (χ1v) is 10.0. The van der Waals surface area contributed by atoms with Crippen LogP contribution in [-0.2, 0) is 0 Å². The number of carbonyl (C=O) groups excluding carboxylic acids is 1. The monoisotopic (exact) mass is 362 g/mol. The number of anilines is 1. The third-order valence-electron chi connectivity index (χ3n) is 5.22. The van der Waals surface area contributed by atoms with E-state index in [0.717, 1.165) is 72.3 Å². The number of piperazine rings is 1. The summed E-state index contributed by atoms with van der Waals surface area (Å²) in [5, 5.41) is 1.04. The first-order valence-electron chi connectivity index (χ1n) is 9.22. The Kier molecular flexibility index (Phi) is 5.54. The number of aryl methyl sites for hydroxylation is 1. The quantitative estimate of drug-likeness (QED) is 0.869. The van der Waals surface area contributed by atoms with Crippen LogP contribution in [0.2, 0.25) is 0 Å². The maximum absolute atomic E-state index is 13.1. The molecule has 0 atom stereocenters. The van der Waals surface area contributed by atoms with Gasteiger partial charge in [-0.2, -0.15) is 0 Å². The Balaban J connectivity index is 1.94. The number of nitrogens with one attached hydrogen (secondary N) is 1. The Labute approximate surface area is 153 Å². The first-order chi connectivity index (χ1) is 12.1. The number of hydrogen-bond acceptors (Lipinski definition) is 5. The van der Waals surface area contributed by atoms with Crippen molar-refractivity contribution in [3.05, 3.63) is 16.8 Å². The maximum Gasteiger partial charge on any atom is 0.264 e. The number of carbonyl (C=O) groups is 1. The lowest BCUT2D eigenvalue weighted by Gasteiger charge is -2.31. The third-order valence-corrected chi connectivity index (χ3v) is 6.41. The minimum Gasteiger partial charge on any atom is -0.357 e. The lowest BCUT2D eigenvalue weighted by atomic mass is 10.1. The zero-order valence-corrected chi connectivity index (χ0v) is 16.4. The smallest absolute Gasteiger partial charge is 0.264 e. The van der Waals surface area contributed by atoms with E-state index in [2.05, 4.69) is 35.6 Å². The fraction of sp³-hybridized carbons (Fsp3) is 0.611. The zero-order chi connectivity index (χ0) is 18.0. The van der Waals surface area contributed by atoms with E-state index < -0.39 is 0 Å². The predicted molar refractivity (Wildman–Crippen MR) is 103 cm³/mol. The summed E-state index contributed by atoms with van der Waals surface area (Å²) in [4.78, 5) is 29.5. The molecule has 0 spiro atoms. The van der Waals surface area contributed by atoms with Gasteiger partial charge in [-0.3, -0.25) is 4.79 Å². The van der Waals surface area contributed by atoms with Crippen molar-refractivity contribution in [2.45, 2.75) is 27.7 Å². The van der Waals surface area contributed by atoms with Gasteiger partial charge >= 0.3 is 0 Å². The van der Waals surface area contributed by atoms with Gasteiger partial charge in [0.1, 0.15) is 17.0 Å². The van der Waals surface area contributed by atoms with Crippen LogP contribution in [0.25, 0.3) is 10.2 Å². The molecule has 3 rings (SSSR count). The van der Waals surface area contributed by atoms with Crippen molar-refractivity contribution in [3.63, 3.8) is 0 Å². The molecule has 1 aliphatic heterocycles. The molecule has 7 heteroatoms. The second kappa shape index (κ2) is 7.66. The molecule has 6 nitrogen and oxygen atoms in total. The van der Waals surface area contributed by atoms with Gasteiger partial charge in [0.05, 0.1) is 43.0 Å². The van der Waals surface area contributed by atoms with E-state index in [-0.39, 0.29) is 5.91 Å². The van der Waals surface area contributed by atoms with Gasteiger partial charge < -0.3 is 14.7 Å².